The Morgan fingerprint density at radius 3 is 1.17 bits per heavy atom. The lowest BCUT2D eigenvalue weighted by Crippen LogP contribution is -2.41. The Kier molecular flexibility index (Phi) is 22.9. The van der Waals surface area contributed by atoms with Crippen molar-refractivity contribution >= 4 is 100 Å². The molecule has 87 heavy (non-hydrogen) atoms. The molecule has 0 N–H and O–H groups in total. The van der Waals surface area contributed by atoms with Gasteiger partial charge in [-0.15, -0.1) is 0 Å². The van der Waals surface area contributed by atoms with Crippen LogP contribution in [0.4, 0.5) is 11.4 Å². The van der Waals surface area contributed by atoms with Crippen molar-refractivity contribution in [2.45, 2.75) is 66.4 Å². The Labute approximate surface area is 505 Å². The highest BCUT2D eigenvalue weighted by atomic mass is 35.5. The lowest BCUT2D eigenvalue weighted by Gasteiger charge is -2.45. The van der Waals surface area contributed by atoms with Crippen LogP contribution in [0.2, 0.25) is 10.0 Å². The predicted octanol–water partition coefficient (Wildman–Crippen LogP) is 5.22. The van der Waals surface area contributed by atoms with E-state index in [0.29, 0.717) is 11.1 Å². The van der Waals surface area contributed by atoms with Gasteiger partial charge in [-0.3, -0.25) is 47.9 Å². The third kappa shape index (κ3) is 17.5. The third-order valence-corrected chi connectivity index (χ3v) is 13.1. The second kappa shape index (κ2) is 30.0. The van der Waals surface area contributed by atoms with E-state index >= 15 is 0 Å². The Bertz CT molecular complexity index is 3180. The van der Waals surface area contributed by atoms with E-state index in [2.05, 4.69) is 0 Å². The Morgan fingerprint density at radius 1 is 0.414 bits per heavy atom. The molecule has 0 atom stereocenters. The number of fused-ring (bicyclic) bond motifs is 6. The van der Waals surface area contributed by atoms with Gasteiger partial charge < -0.3 is 80.9 Å². The highest BCUT2D eigenvalue weighted by Gasteiger charge is 2.57. The average Bonchev–Trinajstić information content (AvgIpc) is 1.74. The number of para-hydroxylation sites is 2. The van der Waals surface area contributed by atoms with Crippen LogP contribution >= 0.6 is 23.2 Å². The molecule has 0 aromatic heterocycles. The average molecular weight is 1260 g/mol. The lowest BCUT2D eigenvalue weighted by molar-refractivity contribution is -0.167. The molecule has 0 saturated heterocycles. The van der Waals surface area contributed by atoms with E-state index in [4.69, 9.17) is 94.3 Å². The first kappa shape index (κ1) is 66.6. The summed E-state index contributed by atoms with van der Waals surface area (Å²) in [6, 6.07) is 14.8. The van der Waals surface area contributed by atoms with E-state index < -0.39 is 150 Å². The van der Waals surface area contributed by atoms with Crippen molar-refractivity contribution in [3.8, 4) is 23.0 Å². The van der Waals surface area contributed by atoms with Gasteiger partial charge in [-0.1, -0.05) is 49.2 Å². The first-order chi connectivity index (χ1) is 41.2. The molecule has 1 aliphatic carbocycles. The Hall–Kier alpha value is -9.57. The molecular formula is C57H58Cl2N2O26. The number of carbonyl (C=O) groups is 11. The van der Waals surface area contributed by atoms with Crippen LogP contribution in [0.5, 0.6) is 23.0 Å². The van der Waals surface area contributed by atoms with E-state index in [1.54, 1.807) is 24.3 Å². The fourth-order valence-corrected chi connectivity index (χ4v) is 9.18. The van der Waals surface area contributed by atoms with Crippen LogP contribution in [0, 0.1) is 0 Å². The number of halogens is 2. The van der Waals surface area contributed by atoms with E-state index in [9.17, 15) is 52.7 Å². The Morgan fingerprint density at radius 2 is 0.770 bits per heavy atom. The summed E-state index contributed by atoms with van der Waals surface area (Å²) in [5.74, 6) is -9.46. The quantitative estimate of drug-likeness (QED) is 0.0291. The topological polar surface area (TPSA) is 333 Å². The highest BCUT2D eigenvalue weighted by molar-refractivity contribution is 6.32. The molecule has 0 amide bonds. The van der Waals surface area contributed by atoms with Crippen LogP contribution in [0.25, 0.3) is 0 Å². The molecule has 28 nitrogen and oxygen atoms in total. The zero-order chi connectivity index (χ0) is 63.8. The van der Waals surface area contributed by atoms with Gasteiger partial charge in [0.15, 0.2) is 5.60 Å². The van der Waals surface area contributed by atoms with Gasteiger partial charge in [0.05, 0.1) is 27.0 Å². The minimum atomic E-state index is -2.02. The van der Waals surface area contributed by atoms with Crippen molar-refractivity contribution in [3.05, 3.63) is 104 Å². The molecule has 0 radical (unpaired) electrons. The SMILES string of the molecule is CC(=O)OCOC(=O)CN(CC(=O)OCOC(C)=O)c1ccccc1OCCOc1cc2c(cc1N(CC(=O)OCOC(C)=O)CC(=O)OCOC(C)=O)C(=O)OC21c2cc(Cl)c(OCOC(C)=O)cc2C(C)(C)c2cc(OCOC(C)=O)c(Cl)cc21. The van der Waals surface area contributed by atoms with Crippen LogP contribution in [0.3, 0.4) is 0 Å². The van der Waals surface area contributed by atoms with Gasteiger partial charge in [-0.25, -0.2) is 4.79 Å². The zero-order valence-corrected chi connectivity index (χ0v) is 49.5. The third-order valence-electron chi connectivity index (χ3n) is 12.5. The number of hydrogen-bond donors (Lipinski definition) is 0. The van der Waals surface area contributed by atoms with Crippen molar-refractivity contribution in [3.63, 3.8) is 0 Å². The van der Waals surface area contributed by atoms with Crippen LogP contribution in [-0.4, -0.2) is 146 Å². The fourth-order valence-electron chi connectivity index (χ4n) is 8.74. The molecule has 0 bridgehead atoms. The maximum Gasteiger partial charge on any atom is 0.340 e. The summed E-state index contributed by atoms with van der Waals surface area (Å²) >= 11 is 14.0. The molecule has 2 aliphatic rings. The molecule has 4 aromatic carbocycles. The van der Waals surface area contributed by atoms with Gasteiger partial charge in [0.1, 0.15) is 62.4 Å². The standard InChI is InChI=1S/C57H58Cl2N2O26/c1-31(62)75-25-81-48-19-39-41(16-43(48)58)57(42-17-44(59)49(82-26-76-32(2)63)20-40(42)56(39,7)8)38-18-50(46(15-37(38)55(72)87-57)61(23-53(70)85-29-79-35(5)66)24-54(71)86-30-80-36(6)67)74-14-13-73-47-12-10-9-11-45(47)60(21-51(68)83-27-77-33(3)64)22-52(69)84-28-78-34(4)65/h9-12,15-20H,13-14,21-30H2,1-8H3. The van der Waals surface area contributed by atoms with Crippen LogP contribution in [-0.2, 0) is 111 Å². The molecule has 1 aliphatic heterocycles. The monoisotopic (exact) mass is 1260 g/mol. The number of benzene rings is 4. The second-order valence-electron chi connectivity index (χ2n) is 19.0. The van der Waals surface area contributed by atoms with Crippen LogP contribution in [0.15, 0.2) is 60.7 Å². The molecule has 30 heteroatoms. The van der Waals surface area contributed by atoms with Gasteiger partial charge in [-0.2, -0.15) is 0 Å². The number of carbonyl (C=O) groups excluding carboxylic acids is 11. The van der Waals surface area contributed by atoms with Crippen LogP contribution < -0.4 is 28.7 Å². The number of hydrogen-bond acceptors (Lipinski definition) is 28. The minimum absolute atomic E-state index is 0.0379. The fraction of sp³-hybridized carbons (Fsp3) is 0.386. The van der Waals surface area contributed by atoms with Crippen molar-refractivity contribution in [2.75, 3.05) is 90.0 Å². The van der Waals surface area contributed by atoms with Crippen molar-refractivity contribution in [2.24, 2.45) is 0 Å². The summed E-state index contributed by atoms with van der Waals surface area (Å²) in [5.41, 5.74) is -1.90. The lowest BCUT2D eigenvalue weighted by atomic mass is 9.61. The molecule has 0 unspecified atom stereocenters. The molecule has 6 rings (SSSR count). The van der Waals surface area contributed by atoms with Crippen molar-refractivity contribution in [1.82, 2.24) is 0 Å². The van der Waals surface area contributed by atoms with Crippen LogP contribution in [0.1, 0.15) is 93.6 Å². The largest absolute Gasteiger partial charge is 0.488 e. The number of ether oxygens (including phenoxy) is 15. The van der Waals surface area contributed by atoms with Gasteiger partial charge in [-0.05, 0) is 59.7 Å². The highest BCUT2D eigenvalue weighted by Crippen LogP contribution is 2.60. The molecule has 0 fully saturated rings. The summed E-state index contributed by atoms with van der Waals surface area (Å²) in [6.45, 7) is 2.34. The van der Waals surface area contributed by atoms with E-state index in [1.807, 2.05) is 13.8 Å². The zero-order valence-electron chi connectivity index (χ0n) is 48.0. The number of nitrogens with zero attached hydrogens (tertiary/aromatic N) is 2. The summed E-state index contributed by atoms with van der Waals surface area (Å²) in [5, 5.41) is -0.0759. The van der Waals surface area contributed by atoms with E-state index in [0.717, 1.165) is 32.6 Å². The van der Waals surface area contributed by atoms with Gasteiger partial charge in [0.2, 0.25) is 40.8 Å². The van der Waals surface area contributed by atoms with E-state index in [-0.39, 0.29) is 73.3 Å². The molecule has 0 saturated carbocycles. The molecule has 4 aromatic rings. The molecule has 1 spiro atoms. The summed E-state index contributed by atoms with van der Waals surface area (Å²) in [4.78, 5) is 140. The first-order valence-corrected chi connectivity index (χ1v) is 26.6. The maximum atomic E-state index is 14.9. The Balaban J connectivity index is 1.51. The molecule has 1 heterocycles. The maximum absolute atomic E-state index is 14.9. The normalized spacial score (nSPS) is 12.6. The number of esters is 11. The van der Waals surface area contributed by atoms with Crippen molar-refractivity contribution < 1.29 is 124 Å². The van der Waals surface area contributed by atoms with Gasteiger partial charge in [0.25, 0.3) is 0 Å². The van der Waals surface area contributed by atoms with Crippen molar-refractivity contribution in [1.29, 1.82) is 0 Å². The van der Waals surface area contributed by atoms with Gasteiger partial charge in [0, 0.05) is 63.6 Å². The summed E-state index contributed by atoms with van der Waals surface area (Å²) in [6.07, 6.45) is 0. The molecule has 466 valence electrons. The number of rotatable bonds is 29. The number of anilines is 2. The summed E-state index contributed by atoms with van der Waals surface area (Å²) in [7, 11) is 0. The second-order valence-corrected chi connectivity index (χ2v) is 19.8. The molecular weight excluding hydrogens is 1200 g/mol. The smallest absolute Gasteiger partial charge is 0.340 e. The summed E-state index contributed by atoms with van der Waals surface area (Å²) < 4.78 is 80.4. The van der Waals surface area contributed by atoms with Gasteiger partial charge >= 0.3 is 65.7 Å². The predicted molar refractivity (Wildman–Crippen MR) is 294 cm³/mol. The van der Waals surface area contributed by atoms with E-state index in [1.165, 1.54) is 55.1 Å². The first-order valence-electron chi connectivity index (χ1n) is 25.8. The minimum Gasteiger partial charge on any atom is -0.488 e.